The molecule has 12 heavy (non-hydrogen) atoms. The highest BCUT2D eigenvalue weighted by Crippen LogP contribution is 2.16. The molecule has 0 fully saturated rings. The molecule has 0 aliphatic heterocycles. The molecular formula is C9H10BrNO. The van der Waals surface area contributed by atoms with Gasteiger partial charge in [0, 0.05) is 4.47 Å². The van der Waals surface area contributed by atoms with E-state index in [4.69, 9.17) is 5.90 Å². The van der Waals surface area contributed by atoms with Crippen LogP contribution in [0.2, 0.25) is 0 Å². The lowest BCUT2D eigenvalue weighted by Gasteiger charge is -1.95. The fraction of sp³-hybridized carbons (Fsp3) is 0.111. The molecule has 64 valence electrons. The van der Waals surface area contributed by atoms with Crippen LogP contribution in [-0.2, 0) is 4.84 Å². The van der Waals surface area contributed by atoms with E-state index in [2.05, 4.69) is 20.8 Å². The molecule has 2 nitrogen and oxygen atoms in total. The van der Waals surface area contributed by atoms with Crippen LogP contribution in [0.1, 0.15) is 5.56 Å². The largest absolute Gasteiger partial charge is 0.300 e. The summed E-state index contributed by atoms with van der Waals surface area (Å²) in [7, 11) is 0. The zero-order chi connectivity index (χ0) is 8.81. The van der Waals surface area contributed by atoms with Crippen molar-refractivity contribution in [2.45, 2.75) is 0 Å². The van der Waals surface area contributed by atoms with E-state index in [1.54, 1.807) is 0 Å². The van der Waals surface area contributed by atoms with Crippen molar-refractivity contribution in [2.24, 2.45) is 5.90 Å². The molecule has 2 N–H and O–H groups in total. The topological polar surface area (TPSA) is 35.2 Å². The summed E-state index contributed by atoms with van der Waals surface area (Å²) in [5, 5.41) is 0. The van der Waals surface area contributed by atoms with Crippen LogP contribution in [0.5, 0.6) is 0 Å². The van der Waals surface area contributed by atoms with Crippen molar-refractivity contribution in [1.82, 2.24) is 0 Å². The van der Waals surface area contributed by atoms with E-state index >= 15 is 0 Å². The zero-order valence-electron chi connectivity index (χ0n) is 6.53. The first-order chi connectivity index (χ1) is 5.84. The second kappa shape index (κ2) is 5.09. The molecule has 0 radical (unpaired) electrons. The molecule has 0 saturated heterocycles. The smallest absolute Gasteiger partial charge is 0.0864 e. The van der Waals surface area contributed by atoms with Crippen LogP contribution in [-0.4, -0.2) is 6.61 Å². The van der Waals surface area contributed by atoms with Gasteiger partial charge in [0.2, 0.25) is 0 Å². The highest BCUT2D eigenvalue weighted by atomic mass is 79.9. The molecule has 1 aromatic carbocycles. The standard InChI is InChI=1S/C9H10BrNO/c10-9-6-2-1-4-8(9)5-3-7-12-11/h1-6H,7,11H2/b5-3+. The molecule has 0 amide bonds. The van der Waals surface area contributed by atoms with Gasteiger partial charge in [0.05, 0.1) is 6.61 Å². The fourth-order valence-electron chi connectivity index (χ4n) is 0.841. The summed E-state index contributed by atoms with van der Waals surface area (Å²) in [6, 6.07) is 7.95. The minimum Gasteiger partial charge on any atom is -0.300 e. The van der Waals surface area contributed by atoms with Crippen LogP contribution >= 0.6 is 15.9 Å². The summed E-state index contributed by atoms with van der Waals surface area (Å²) in [5.41, 5.74) is 1.12. The summed E-state index contributed by atoms with van der Waals surface area (Å²) >= 11 is 3.43. The fourth-order valence-corrected chi connectivity index (χ4v) is 1.26. The van der Waals surface area contributed by atoms with Gasteiger partial charge in [-0.3, -0.25) is 0 Å². The van der Waals surface area contributed by atoms with Crippen molar-refractivity contribution in [3.63, 3.8) is 0 Å². The van der Waals surface area contributed by atoms with Crippen molar-refractivity contribution in [1.29, 1.82) is 0 Å². The van der Waals surface area contributed by atoms with Crippen LogP contribution in [0.25, 0.3) is 6.08 Å². The Morgan fingerprint density at radius 3 is 2.83 bits per heavy atom. The van der Waals surface area contributed by atoms with Crippen LogP contribution in [0.15, 0.2) is 34.8 Å². The first-order valence-corrected chi connectivity index (χ1v) is 4.36. The first kappa shape index (κ1) is 9.45. The number of halogens is 1. The normalized spacial score (nSPS) is 10.8. The summed E-state index contributed by atoms with van der Waals surface area (Å²) < 4.78 is 1.07. The van der Waals surface area contributed by atoms with Gasteiger partial charge in [-0.05, 0) is 11.6 Å². The molecule has 1 aromatic rings. The average Bonchev–Trinajstić information content (AvgIpc) is 2.09. The lowest BCUT2D eigenvalue weighted by atomic mass is 10.2. The van der Waals surface area contributed by atoms with E-state index in [-0.39, 0.29) is 0 Å². The van der Waals surface area contributed by atoms with Crippen molar-refractivity contribution in [3.05, 3.63) is 40.4 Å². The van der Waals surface area contributed by atoms with Crippen molar-refractivity contribution >= 4 is 22.0 Å². The quantitative estimate of drug-likeness (QED) is 0.806. The van der Waals surface area contributed by atoms with E-state index in [0.717, 1.165) is 10.0 Å². The van der Waals surface area contributed by atoms with Gasteiger partial charge in [-0.25, -0.2) is 5.90 Å². The van der Waals surface area contributed by atoms with E-state index in [0.29, 0.717) is 6.61 Å². The van der Waals surface area contributed by atoms with E-state index in [1.165, 1.54) is 0 Å². The Morgan fingerprint density at radius 1 is 1.42 bits per heavy atom. The third kappa shape index (κ3) is 2.77. The van der Waals surface area contributed by atoms with Crippen molar-refractivity contribution in [2.75, 3.05) is 6.61 Å². The van der Waals surface area contributed by atoms with E-state index in [1.807, 2.05) is 36.4 Å². The maximum Gasteiger partial charge on any atom is 0.0864 e. The van der Waals surface area contributed by atoms with Crippen LogP contribution < -0.4 is 5.90 Å². The minimum absolute atomic E-state index is 0.432. The molecule has 0 heterocycles. The van der Waals surface area contributed by atoms with Gasteiger partial charge in [-0.1, -0.05) is 46.3 Å². The highest BCUT2D eigenvalue weighted by Gasteiger charge is 1.91. The molecule has 3 heteroatoms. The lowest BCUT2D eigenvalue weighted by molar-refractivity contribution is 0.168. The Labute approximate surface area is 80.1 Å². The third-order valence-corrected chi connectivity index (χ3v) is 2.12. The van der Waals surface area contributed by atoms with Crippen molar-refractivity contribution in [3.8, 4) is 0 Å². The van der Waals surface area contributed by atoms with E-state index in [9.17, 15) is 0 Å². The predicted octanol–water partition coefficient (Wildman–Crippen LogP) is 2.35. The van der Waals surface area contributed by atoms with Crippen LogP contribution in [0, 0.1) is 0 Å². The second-order valence-electron chi connectivity index (χ2n) is 2.26. The Morgan fingerprint density at radius 2 is 2.17 bits per heavy atom. The van der Waals surface area contributed by atoms with Gasteiger partial charge in [-0.15, -0.1) is 0 Å². The highest BCUT2D eigenvalue weighted by molar-refractivity contribution is 9.10. The molecular weight excluding hydrogens is 218 g/mol. The Kier molecular flexibility index (Phi) is 4.00. The Bertz CT molecular complexity index is 273. The molecule has 0 aliphatic carbocycles. The van der Waals surface area contributed by atoms with E-state index < -0.39 is 0 Å². The van der Waals surface area contributed by atoms with Gasteiger partial charge in [-0.2, -0.15) is 0 Å². The monoisotopic (exact) mass is 227 g/mol. The van der Waals surface area contributed by atoms with Gasteiger partial charge >= 0.3 is 0 Å². The second-order valence-corrected chi connectivity index (χ2v) is 3.11. The molecule has 0 spiro atoms. The number of rotatable bonds is 3. The molecule has 0 aromatic heterocycles. The third-order valence-electron chi connectivity index (χ3n) is 1.40. The molecule has 0 saturated carbocycles. The number of hydrogen-bond donors (Lipinski definition) is 1. The van der Waals surface area contributed by atoms with Gasteiger partial charge in [0.25, 0.3) is 0 Å². The maximum absolute atomic E-state index is 4.87. The Balaban J connectivity index is 2.68. The molecule has 0 unspecified atom stereocenters. The molecule has 0 bridgehead atoms. The van der Waals surface area contributed by atoms with Crippen molar-refractivity contribution < 1.29 is 4.84 Å². The summed E-state index contributed by atoms with van der Waals surface area (Å²) in [4.78, 5) is 4.40. The van der Waals surface area contributed by atoms with Crippen LogP contribution in [0.4, 0.5) is 0 Å². The summed E-state index contributed by atoms with van der Waals surface area (Å²) in [5.74, 6) is 4.87. The summed E-state index contributed by atoms with van der Waals surface area (Å²) in [6.45, 7) is 0.432. The minimum atomic E-state index is 0.432. The molecule has 0 aliphatic rings. The lowest BCUT2D eigenvalue weighted by Crippen LogP contribution is -1.96. The molecule has 0 atom stereocenters. The van der Waals surface area contributed by atoms with Crippen LogP contribution in [0.3, 0.4) is 0 Å². The number of hydrogen-bond acceptors (Lipinski definition) is 2. The van der Waals surface area contributed by atoms with Gasteiger partial charge in [0.1, 0.15) is 0 Å². The average molecular weight is 228 g/mol. The first-order valence-electron chi connectivity index (χ1n) is 3.57. The predicted molar refractivity (Wildman–Crippen MR) is 53.3 cm³/mol. The Hall–Kier alpha value is -0.640. The zero-order valence-corrected chi connectivity index (χ0v) is 8.12. The number of nitrogens with two attached hydrogens (primary N) is 1. The molecule has 1 rings (SSSR count). The SMILES string of the molecule is NOC/C=C/c1ccccc1Br. The van der Waals surface area contributed by atoms with Gasteiger partial charge < -0.3 is 4.84 Å². The summed E-state index contributed by atoms with van der Waals surface area (Å²) in [6.07, 6.45) is 3.82. The maximum atomic E-state index is 4.87. The van der Waals surface area contributed by atoms with Gasteiger partial charge in [0.15, 0.2) is 0 Å². The number of benzene rings is 1.